The van der Waals surface area contributed by atoms with E-state index in [0.717, 1.165) is 0 Å². The molecule has 28 nitrogen and oxygen atoms in total. The molecule has 0 aliphatic carbocycles. The van der Waals surface area contributed by atoms with Crippen molar-refractivity contribution >= 4 is 65.1 Å². The number of carbonyl (C=O) groups is 11. The fraction of sp³-hybridized carbons (Fsp3) is 0.589. The summed E-state index contributed by atoms with van der Waals surface area (Å²) in [7, 11) is 0. The molecule has 0 saturated carbocycles. The first-order valence-electron chi connectivity index (χ1n) is 27.8. The van der Waals surface area contributed by atoms with E-state index in [1.54, 1.807) is 41.5 Å². The van der Waals surface area contributed by atoms with Crippen LogP contribution in [-0.4, -0.2) is 192 Å². The highest BCUT2D eigenvalue weighted by molar-refractivity contribution is 5.99. The number of nitrogens with zero attached hydrogens (tertiary/aromatic N) is 1. The number of carboxylic acids is 2. The van der Waals surface area contributed by atoms with Crippen molar-refractivity contribution in [2.24, 2.45) is 23.5 Å². The molecule has 0 bridgehead atoms. The maximum absolute atomic E-state index is 14.4. The number of nitrogens with two attached hydrogens (primary N) is 1. The molecule has 17 N–H and O–H groups in total. The number of rotatable bonds is 33. The number of likely N-dealkylation sites (tertiary alicyclic amines) is 1. The van der Waals surface area contributed by atoms with Gasteiger partial charge in [0.2, 0.25) is 53.2 Å². The highest BCUT2D eigenvalue weighted by atomic mass is 16.4. The molecule has 28 heteroatoms. The van der Waals surface area contributed by atoms with Crippen molar-refractivity contribution in [2.75, 3.05) is 13.2 Å². The van der Waals surface area contributed by atoms with Crippen molar-refractivity contribution in [1.29, 1.82) is 0 Å². The van der Waals surface area contributed by atoms with E-state index in [1.807, 2.05) is 0 Å². The molecule has 1 fully saturated rings. The first-order valence-corrected chi connectivity index (χ1v) is 27.8. The van der Waals surface area contributed by atoms with E-state index in [1.165, 1.54) is 67.3 Å². The lowest BCUT2D eigenvalue weighted by atomic mass is 9.98. The monoisotopic (exact) mass is 1180 g/mol. The summed E-state index contributed by atoms with van der Waals surface area (Å²) >= 11 is 0. The summed E-state index contributed by atoms with van der Waals surface area (Å²) in [5, 5.41) is 89.2. The maximum atomic E-state index is 14.4. The van der Waals surface area contributed by atoms with Crippen LogP contribution in [0.2, 0.25) is 0 Å². The third-order valence-corrected chi connectivity index (χ3v) is 13.7. The van der Waals surface area contributed by atoms with Gasteiger partial charge in [0.1, 0.15) is 71.9 Å². The van der Waals surface area contributed by atoms with Gasteiger partial charge < -0.3 is 88.9 Å². The number of nitrogens with one attached hydrogen (secondary N) is 8. The fourth-order valence-electron chi connectivity index (χ4n) is 9.02. The van der Waals surface area contributed by atoms with Crippen molar-refractivity contribution in [3.63, 3.8) is 0 Å². The van der Waals surface area contributed by atoms with Gasteiger partial charge in [-0.2, -0.15) is 0 Å². The van der Waals surface area contributed by atoms with Crippen LogP contribution in [0.5, 0.6) is 11.5 Å². The Morgan fingerprint density at radius 2 is 0.964 bits per heavy atom. The second kappa shape index (κ2) is 33.4. The van der Waals surface area contributed by atoms with Gasteiger partial charge in [-0.25, -0.2) is 4.79 Å². The van der Waals surface area contributed by atoms with Gasteiger partial charge in [0.15, 0.2) is 0 Å². The van der Waals surface area contributed by atoms with Crippen LogP contribution >= 0.6 is 0 Å². The molecule has 1 heterocycles. The van der Waals surface area contributed by atoms with Crippen molar-refractivity contribution in [1.82, 2.24) is 47.4 Å². The summed E-state index contributed by atoms with van der Waals surface area (Å²) in [6.45, 7) is 11.7. The Bertz CT molecular complexity index is 2600. The van der Waals surface area contributed by atoms with Crippen LogP contribution in [0.25, 0.3) is 0 Å². The third-order valence-electron chi connectivity index (χ3n) is 13.7. The minimum absolute atomic E-state index is 0.00769. The number of phenols is 2. The number of carboxylic acid groups (broad SMARTS) is 2. The van der Waals surface area contributed by atoms with E-state index in [9.17, 15) is 88.5 Å². The van der Waals surface area contributed by atoms with Gasteiger partial charge in [-0.05, 0) is 99.1 Å². The molecular weight excluding hydrogens is 1100 g/mol. The van der Waals surface area contributed by atoms with Crippen LogP contribution in [0.1, 0.15) is 105 Å². The largest absolute Gasteiger partial charge is 0.508 e. The maximum Gasteiger partial charge on any atom is 0.326 e. The molecule has 1 aliphatic heterocycles. The first-order chi connectivity index (χ1) is 39.3. The average molecular weight is 1190 g/mol. The minimum atomic E-state index is -1.69. The molecule has 0 aromatic heterocycles. The normalized spacial score (nSPS) is 17.1. The van der Waals surface area contributed by atoms with Gasteiger partial charge in [0.05, 0.1) is 18.8 Å². The standard InChI is InChI=1S/C56H84N10O18/c1-27(2)22-37(59-47(74)36(19-20-43(72)73)58-49(76)39(24-32-11-15-34(70)16-12-32)61-51(78)41(26-67)63-53(80)44(57)30(7)68)48(75)60-38(23-28(3)4)50(77)64-45(29(5)6)55(82)66-21-9-10-42(66)52(79)65-46(31(8)69)54(81)62-40(56(83)84)25-33-13-17-35(71)18-14-33/h11-18,27-31,36-42,44-46,67-71H,9-10,19-26,57H2,1-8H3,(H,58,76)(H,59,74)(H,60,75)(H,61,78)(H,62,81)(H,63,80)(H,64,77)(H,65,79)(H,72,73)(H,83,84)/t30-,31-,36+,37+,38+,39+,40+,41+,42+,44+,45+,46+/m1/s1. The highest BCUT2D eigenvalue weighted by Crippen LogP contribution is 2.22. The van der Waals surface area contributed by atoms with Crippen LogP contribution in [0, 0.1) is 17.8 Å². The van der Waals surface area contributed by atoms with Gasteiger partial charge in [-0.15, -0.1) is 0 Å². The Morgan fingerprint density at radius 1 is 0.536 bits per heavy atom. The third kappa shape index (κ3) is 22.3. The molecule has 1 saturated heterocycles. The van der Waals surface area contributed by atoms with Gasteiger partial charge in [0.25, 0.3) is 0 Å². The zero-order valence-electron chi connectivity index (χ0n) is 48.5. The lowest BCUT2D eigenvalue weighted by molar-refractivity contribution is -0.145. The molecule has 84 heavy (non-hydrogen) atoms. The Labute approximate surface area is 486 Å². The summed E-state index contributed by atoms with van der Waals surface area (Å²) in [6, 6.07) is -3.85. The molecule has 2 aromatic carbocycles. The van der Waals surface area contributed by atoms with Crippen LogP contribution in [0.15, 0.2) is 48.5 Å². The second-order valence-corrected chi connectivity index (χ2v) is 22.2. The molecule has 3 rings (SSSR count). The zero-order valence-corrected chi connectivity index (χ0v) is 48.5. The van der Waals surface area contributed by atoms with Crippen molar-refractivity contribution in [3.8, 4) is 11.5 Å². The minimum Gasteiger partial charge on any atom is -0.508 e. The van der Waals surface area contributed by atoms with E-state index in [4.69, 9.17) is 5.73 Å². The van der Waals surface area contributed by atoms with E-state index in [-0.39, 0.29) is 62.0 Å². The van der Waals surface area contributed by atoms with Gasteiger partial charge in [-0.3, -0.25) is 47.9 Å². The number of carbonyl (C=O) groups excluding carboxylic acids is 9. The lowest BCUT2D eigenvalue weighted by Gasteiger charge is -2.33. The molecule has 0 radical (unpaired) electrons. The smallest absolute Gasteiger partial charge is 0.326 e. The molecular formula is C56H84N10O18. The van der Waals surface area contributed by atoms with Crippen molar-refractivity contribution < 1.29 is 88.5 Å². The summed E-state index contributed by atoms with van der Waals surface area (Å²) in [4.78, 5) is 150. The number of hydrogen-bond donors (Lipinski definition) is 16. The molecule has 9 amide bonds. The van der Waals surface area contributed by atoms with E-state index in [0.29, 0.717) is 17.5 Å². The van der Waals surface area contributed by atoms with Gasteiger partial charge in [0, 0.05) is 25.8 Å². The van der Waals surface area contributed by atoms with Crippen molar-refractivity contribution in [2.45, 2.75) is 179 Å². The molecule has 1 aliphatic rings. The Kier molecular flexibility index (Phi) is 27.9. The second-order valence-electron chi connectivity index (χ2n) is 22.2. The number of aromatic hydroxyl groups is 2. The number of aliphatic hydroxyl groups excluding tert-OH is 3. The summed E-state index contributed by atoms with van der Waals surface area (Å²) < 4.78 is 0. The Hall–Kier alpha value is -7.95. The number of hydrogen-bond acceptors (Lipinski definition) is 17. The summed E-state index contributed by atoms with van der Waals surface area (Å²) in [6.07, 6.45) is -4.22. The number of aliphatic carboxylic acids is 2. The van der Waals surface area contributed by atoms with E-state index < -0.39 is 163 Å². The number of aliphatic hydroxyl groups is 3. The SMILES string of the molecule is CC(C)C[C@H](NC(=O)[C@H](CCC(=O)O)NC(=O)[C@H](Cc1ccc(O)cc1)NC(=O)[C@H](CO)NC(=O)[C@@H](N)[C@@H](C)O)C(=O)N[C@@H](CC(C)C)C(=O)N[C@H](C(=O)N1CCC[C@H]1C(=O)N[C@H](C(=O)N[C@@H](Cc1ccc(O)cc1)C(=O)O)[C@@H](C)O)C(C)C. The number of benzene rings is 2. The van der Waals surface area contributed by atoms with Crippen LogP contribution < -0.4 is 48.3 Å². The molecule has 12 atom stereocenters. The van der Waals surface area contributed by atoms with Crippen LogP contribution in [0.3, 0.4) is 0 Å². The predicted molar refractivity (Wildman–Crippen MR) is 300 cm³/mol. The lowest BCUT2D eigenvalue weighted by Crippen LogP contribution is -2.62. The first kappa shape index (κ1) is 70.3. The molecule has 2 aromatic rings. The summed E-state index contributed by atoms with van der Waals surface area (Å²) in [5.41, 5.74) is 6.50. The van der Waals surface area contributed by atoms with E-state index in [2.05, 4.69) is 42.5 Å². The summed E-state index contributed by atoms with van der Waals surface area (Å²) in [5.74, 6) is -12.6. The predicted octanol–water partition coefficient (Wildman–Crippen LogP) is -2.47. The van der Waals surface area contributed by atoms with Gasteiger partial charge in [-0.1, -0.05) is 65.8 Å². The average Bonchev–Trinajstić information content (AvgIpc) is 3.57. The van der Waals surface area contributed by atoms with E-state index >= 15 is 0 Å². The quantitative estimate of drug-likeness (QED) is 0.0352. The molecule has 0 unspecified atom stereocenters. The topological polar surface area (TPSA) is 455 Å². The fourth-order valence-corrected chi connectivity index (χ4v) is 9.02. The van der Waals surface area contributed by atoms with Crippen LogP contribution in [-0.2, 0) is 65.6 Å². The Morgan fingerprint density at radius 3 is 1.42 bits per heavy atom. The number of phenolic OH excluding ortho intramolecular Hbond substituents is 2. The van der Waals surface area contributed by atoms with Gasteiger partial charge >= 0.3 is 11.9 Å². The number of amides is 9. The van der Waals surface area contributed by atoms with Crippen molar-refractivity contribution in [3.05, 3.63) is 59.7 Å². The highest BCUT2D eigenvalue weighted by Gasteiger charge is 2.42. The van der Waals surface area contributed by atoms with Crippen LogP contribution in [0.4, 0.5) is 0 Å². The molecule has 466 valence electrons. The zero-order chi connectivity index (χ0) is 63.3. The molecule has 0 spiro atoms. The Balaban J connectivity index is 1.86.